The molecule has 2 nitrogen and oxygen atoms in total. The van der Waals surface area contributed by atoms with Crippen molar-refractivity contribution in [2.75, 3.05) is 0 Å². The highest BCUT2D eigenvalue weighted by Crippen LogP contribution is 2.20. The van der Waals surface area contributed by atoms with Crippen molar-refractivity contribution in [1.29, 1.82) is 0 Å². The maximum atomic E-state index is 8.36. The Balaban J connectivity index is 0.000000673. The van der Waals surface area contributed by atoms with E-state index in [4.69, 9.17) is 9.90 Å². The Labute approximate surface area is 98.3 Å². The van der Waals surface area contributed by atoms with Gasteiger partial charge in [0.05, 0.1) is 0 Å². The number of hydrogen-bond donors (Lipinski definition) is 1. The van der Waals surface area contributed by atoms with Crippen LogP contribution in [0.15, 0.2) is 30.3 Å². The van der Waals surface area contributed by atoms with Gasteiger partial charge < -0.3 is 5.11 Å². The van der Waals surface area contributed by atoms with E-state index in [2.05, 4.69) is 44.2 Å². The molecule has 2 heteroatoms. The summed E-state index contributed by atoms with van der Waals surface area (Å²) in [5.74, 6) is 0.729. The number of carbonyl (C=O) groups is 1. The molecular weight excluding hydrogens is 200 g/mol. The molecule has 0 aliphatic rings. The number of carboxylic acid groups (broad SMARTS) is 1. The molecule has 1 N–H and O–H groups in total. The fourth-order valence-electron chi connectivity index (χ4n) is 1.65. The number of hydrogen-bond acceptors (Lipinski definition) is 1. The minimum absolute atomic E-state index is 0.250. The van der Waals surface area contributed by atoms with Gasteiger partial charge in [-0.2, -0.15) is 0 Å². The Hall–Kier alpha value is -1.31. The molecule has 0 aliphatic carbocycles. The van der Waals surface area contributed by atoms with Crippen LogP contribution in [0, 0.1) is 0 Å². The van der Waals surface area contributed by atoms with Crippen LogP contribution < -0.4 is 0 Å². The predicted octanol–water partition coefficient (Wildman–Crippen LogP) is 4.07. The van der Waals surface area contributed by atoms with Crippen molar-refractivity contribution in [2.45, 2.75) is 45.4 Å². The van der Waals surface area contributed by atoms with E-state index >= 15 is 0 Å². The van der Waals surface area contributed by atoms with Crippen LogP contribution in [-0.2, 0) is 4.79 Å². The fraction of sp³-hybridized carbons (Fsp3) is 0.500. The summed E-state index contributed by atoms with van der Waals surface area (Å²) >= 11 is 0. The van der Waals surface area contributed by atoms with Gasteiger partial charge in [0, 0.05) is 0 Å². The normalized spacial score (nSPS) is 11.1. The summed E-state index contributed by atoms with van der Waals surface area (Å²) in [6, 6.07) is 10.8. The van der Waals surface area contributed by atoms with Crippen molar-refractivity contribution in [3.8, 4) is 0 Å². The van der Waals surface area contributed by atoms with E-state index in [0.29, 0.717) is 0 Å². The Morgan fingerprint density at radius 3 is 2.31 bits per heavy atom. The highest BCUT2D eigenvalue weighted by molar-refractivity contribution is 5.32. The quantitative estimate of drug-likeness (QED) is 0.602. The van der Waals surface area contributed by atoms with Crippen LogP contribution in [0.3, 0.4) is 0 Å². The van der Waals surface area contributed by atoms with Gasteiger partial charge in [-0.15, -0.1) is 0 Å². The average molecular weight is 222 g/mol. The van der Waals surface area contributed by atoms with Gasteiger partial charge in [-0.25, -0.2) is 0 Å². The summed E-state index contributed by atoms with van der Waals surface area (Å²) in [6.45, 7) is 4.33. The number of rotatable bonds is 5. The molecule has 0 saturated heterocycles. The van der Waals surface area contributed by atoms with E-state index in [-0.39, 0.29) is 6.47 Å². The van der Waals surface area contributed by atoms with Crippen molar-refractivity contribution in [3.05, 3.63) is 35.9 Å². The van der Waals surface area contributed by atoms with E-state index in [9.17, 15) is 0 Å². The molecule has 0 fully saturated rings. The second kappa shape index (κ2) is 10.2. The van der Waals surface area contributed by atoms with E-state index in [0.717, 1.165) is 5.92 Å². The van der Waals surface area contributed by atoms with Crippen LogP contribution >= 0.6 is 0 Å². The second-order valence-corrected chi connectivity index (χ2v) is 3.91. The van der Waals surface area contributed by atoms with E-state index in [1.807, 2.05) is 0 Å². The first-order chi connectivity index (χ1) is 7.76. The maximum absolute atomic E-state index is 8.36. The standard InChI is InChI=1S/C13H20.CH2O2/c1-3-4-6-9-12(2)13-10-7-5-8-11-13;2-1-3/h5,7-8,10-12H,3-4,6,9H2,1-2H3;1H,(H,2,3). The smallest absolute Gasteiger partial charge is 0.290 e. The van der Waals surface area contributed by atoms with Gasteiger partial charge in [0.2, 0.25) is 0 Å². The molecule has 90 valence electrons. The molecule has 1 rings (SSSR count). The van der Waals surface area contributed by atoms with Crippen molar-refractivity contribution >= 4 is 6.47 Å². The van der Waals surface area contributed by atoms with Crippen molar-refractivity contribution < 1.29 is 9.90 Å². The molecule has 0 bridgehead atoms. The molecule has 0 heterocycles. The highest BCUT2D eigenvalue weighted by Gasteiger charge is 2.02. The largest absolute Gasteiger partial charge is 0.483 e. The lowest BCUT2D eigenvalue weighted by Crippen LogP contribution is -1.92. The van der Waals surface area contributed by atoms with E-state index < -0.39 is 0 Å². The van der Waals surface area contributed by atoms with Crippen LogP contribution in [0.25, 0.3) is 0 Å². The van der Waals surface area contributed by atoms with Crippen LogP contribution in [-0.4, -0.2) is 11.6 Å². The lowest BCUT2D eigenvalue weighted by Gasteiger charge is -2.10. The molecule has 0 amide bonds. The highest BCUT2D eigenvalue weighted by atomic mass is 16.3. The minimum Gasteiger partial charge on any atom is -0.483 e. The minimum atomic E-state index is -0.250. The molecule has 0 aromatic heterocycles. The van der Waals surface area contributed by atoms with Gasteiger partial charge in [-0.3, -0.25) is 4.79 Å². The molecule has 0 spiro atoms. The van der Waals surface area contributed by atoms with E-state index in [1.165, 1.54) is 31.2 Å². The third kappa shape index (κ3) is 7.04. The lowest BCUT2D eigenvalue weighted by molar-refractivity contribution is -0.122. The molecule has 0 radical (unpaired) electrons. The number of benzene rings is 1. The average Bonchev–Trinajstić information content (AvgIpc) is 2.31. The summed E-state index contributed by atoms with van der Waals surface area (Å²) in [7, 11) is 0. The summed E-state index contributed by atoms with van der Waals surface area (Å²) in [6.07, 6.45) is 5.39. The van der Waals surface area contributed by atoms with Crippen LogP contribution in [0.4, 0.5) is 0 Å². The van der Waals surface area contributed by atoms with Gasteiger partial charge in [0.1, 0.15) is 0 Å². The van der Waals surface area contributed by atoms with Crippen molar-refractivity contribution in [3.63, 3.8) is 0 Å². The van der Waals surface area contributed by atoms with Crippen molar-refractivity contribution in [1.82, 2.24) is 0 Å². The Morgan fingerprint density at radius 1 is 1.25 bits per heavy atom. The summed E-state index contributed by atoms with van der Waals surface area (Å²) in [5.41, 5.74) is 1.48. The summed E-state index contributed by atoms with van der Waals surface area (Å²) in [5, 5.41) is 6.89. The monoisotopic (exact) mass is 222 g/mol. The molecule has 16 heavy (non-hydrogen) atoms. The molecule has 1 aromatic carbocycles. The molecule has 0 saturated carbocycles. The molecule has 1 aromatic rings. The topological polar surface area (TPSA) is 37.3 Å². The van der Waals surface area contributed by atoms with Crippen LogP contribution in [0.2, 0.25) is 0 Å². The van der Waals surface area contributed by atoms with Crippen LogP contribution in [0.5, 0.6) is 0 Å². The maximum Gasteiger partial charge on any atom is 0.290 e. The molecular formula is C14H22O2. The zero-order valence-electron chi connectivity index (χ0n) is 10.2. The van der Waals surface area contributed by atoms with Gasteiger partial charge >= 0.3 is 0 Å². The van der Waals surface area contributed by atoms with Crippen molar-refractivity contribution in [2.24, 2.45) is 0 Å². The fourth-order valence-corrected chi connectivity index (χ4v) is 1.65. The first-order valence-electron chi connectivity index (χ1n) is 5.89. The van der Waals surface area contributed by atoms with Gasteiger partial charge in [0.15, 0.2) is 0 Å². The SMILES string of the molecule is CCCCCC(C)c1ccccc1.O=CO. The zero-order chi connectivity index (χ0) is 12.2. The summed E-state index contributed by atoms with van der Waals surface area (Å²) < 4.78 is 0. The first-order valence-corrected chi connectivity index (χ1v) is 5.89. The number of unbranched alkanes of at least 4 members (excludes halogenated alkanes) is 2. The summed E-state index contributed by atoms with van der Waals surface area (Å²) in [4.78, 5) is 8.36. The van der Waals surface area contributed by atoms with Gasteiger partial charge in [0.25, 0.3) is 6.47 Å². The zero-order valence-corrected chi connectivity index (χ0v) is 10.2. The third-order valence-corrected chi connectivity index (χ3v) is 2.61. The van der Waals surface area contributed by atoms with E-state index in [1.54, 1.807) is 0 Å². The predicted molar refractivity (Wildman–Crippen MR) is 67.7 cm³/mol. The second-order valence-electron chi connectivity index (χ2n) is 3.91. The third-order valence-electron chi connectivity index (χ3n) is 2.61. The molecule has 0 aliphatic heterocycles. The van der Waals surface area contributed by atoms with Gasteiger partial charge in [-0.1, -0.05) is 63.4 Å². The lowest BCUT2D eigenvalue weighted by atomic mass is 9.95. The Morgan fingerprint density at radius 2 is 1.81 bits per heavy atom. The van der Waals surface area contributed by atoms with Crippen LogP contribution in [0.1, 0.15) is 51.0 Å². The Bertz CT molecular complexity index is 257. The molecule has 1 unspecified atom stereocenters. The molecule has 1 atom stereocenters. The first kappa shape index (κ1) is 14.7. The van der Waals surface area contributed by atoms with Gasteiger partial charge in [-0.05, 0) is 17.9 Å². The Kier molecular flexibility index (Phi) is 9.38.